The molecule has 1 aromatic heterocycles. The van der Waals surface area contributed by atoms with Crippen molar-refractivity contribution in [3.63, 3.8) is 0 Å². The van der Waals surface area contributed by atoms with Crippen LogP contribution in [0.25, 0.3) is 5.69 Å². The molecule has 110 valence electrons. The molecule has 3 rings (SSSR count). The Balaban J connectivity index is 2.00. The van der Waals surface area contributed by atoms with E-state index < -0.39 is 0 Å². The summed E-state index contributed by atoms with van der Waals surface area (Å²) in [5.41, 5.74) is 2.34. The SMILES string of the molecule is COc1ccc(-n2nnc(C=O)c2C2CCCCC2)cc1. The highest BCUT2D eigenvalue weighted by Gasteiger charge is 2.24. The Morgan fingerprint density at radius 3 is 2.52 bits per heavy atom. The molecule has 1 aliphatic rings. The molecular weight excluding hydrogens is 266 g/mol. The molecule has 5 nitrogen and oxygen atoms in total. The van der Waals surface area contributed by atoms with Crippen molar-refractivity contribution in [3.8, 4) is 11.4 Å². The van der Waals surface area contributed by atoms with Crippen molar-refractivity contribution in [2.45, 2.75) is 38.0 Å². The Morgan fingerprint density at radius 2 is 1.90 bits per heavy atom. The van der Waals surface area contributed by atoms with Crippen molar-refractivity contribution >= 4 is 6.29 Å². The van der Waals surface area contributed by atoms with Gasteiger partial charge in [-0.05, 0) is 37.1 Å². The van der Waals surface area contributed by atoms with Crippen molar-refractivity contribution < 1.29 is 9.53 Å². The average molecular weight is 285 g/mol. The van der Waals surface area contributed by atoms with Crippen LogP contribution in [0.5, 0.6) is 5.75 Å². The molecule has 21 heavy (non-hydrogen) atoms. The van der Waals surface area contributed by atoms with E-state index in [4.69, 9.17) is 4.74 Å². The highest BCUT2D eigenvalue weighted by atomic mass is 16.5. The minimum Gasteiger partial charge on any atom is -0.497 e. The molecule has 1 aromatic carbocycles. The molecule has 0 aliphatic heterocycles. The van der Waals surface area contributed by atoms with Crippen molar-refractivity contribution in [2.24, 2.45) is 0 Å². The van der Waals surface area contributed by atoms with Crippen LogP contribution in [0, 0.1) is 0 Å². The maximum absolute atomic E-state index is 11.3. The third-order valence-corrected chi connectivity index (χ3v) is 4.15. The van der Waals surface area contributed by atoms with Crippen molar-refractivity contribution in [1.82, 2.24) is 15.0 Å². The standard InChI is InChI=1S/C16H19N3O2/c1-21-14-9-7-13(8-10-14)19-16(15(11-20)17-18-19)12-5-3-2-4-6-12/h7-12H,2-6H2,1H3. The molecule has 0 radical (unpaired) electrons. The molecule has 5 heteroatoms. The fourth-order valence-electron chi connectivity index (χ4n) is 3.06. The van der Waals surface area contributed by atoms with Gasteiger partial charge in [-0.1, -0.05) is 24.5 Å². The summed E-state index contributed by atoms with van der Waals surface area (Å²) in [5.74, 6) is 1.17. The first-order valence-electron chi connectivity index (χ1n) is 7.38. The maximum atomic E-state index is 11.3. The number of hydrogen-bond donors (Lipinski definition) is 0. The Bertz CT molecular complexity index is 613. The summed E-state index contributed by atoms with van der Waals surface area (Å²) in [6.07, 6.45) is 6.70. The average Bonchev–Trinajstić information content (AvgIpc) is 2.99. The third kappa shape index (κ3) is 2.68. The largest absolute Gasteiger partial charge is 0.497 e. The molecule has 0 unspecified atom stereocenters. The van der Waals surface area contributed by atoms with E-state index in [9.17, 15) is 4.79 Å². The third-order valence-electron chi connectivity index (χ3n) is 4.15. The first-order chi connectivity index (χ1) is 10.3. The molecule has 0 spiro atoms. The van der Waals surface area contributed by atoms with Crippen molar-refractivity contribution in [1.29, 1.82) is 0 Å². The zero-order valence-electron chi connectivity index (χ0n) is 12.2. The van der Waals surface area contributed by atoms with Gasteiger partial charge in [-0.3, -0.25) is 4.79 Å². The first-order valence-corrected chi connectivity index (χ1v) is 7.38. The number of ether oxygens (including phenoxy) is 1. The number of methoxy groups -OCH3 is 1. The number of aldehydes is 1. The van der Waals surface area contributed by atoms with Gasteiger partial charge in [-0.15, -0.1) is 5.10 Å². The van der Waals surface area contributed by atoms with Gasteiger partial charge in [0.15, 0.2) is 6.29 Å². The Morgan fingerprint density at radius 1 is 1.19 bits per heavy atom. The van der Waals surface area contributed by atoms with Gasteiger partial charge in [0.05, 0.1) is 18.5 Å². The van der Waals surface area contributed by atoms with E-state index in [0.29, 0.717) is 11.6 Å². The number of nitrogens with zero attached hydrogens (tertiary/aromatic N) is 3. The predicted octanol–water partition coefficient (Wildman–Crippen LogP) is 3.14. The molecular formula is C16H19N3O2. The second kappa shape index (κ2) is 6.08. The molecule has 0 amide bonds. The smallest absolute Gasteiger partial charge is 0.172 e. The fourth-order valence-corrected chi connectivity index (χ4v) is 3.06. The number of rotatable bonds is 4. The van der Waals surface area contributed by atoms with Gasteiger partial charge in [0.25, 0.3) is 0 Å². The van der Waals surface area contributed by atoms with Gasteiger partial charge in [-0.2, -0.15) is 0 Å². The lowest BCUT2D eigenvalue weighted by atomic mass is 9.86. The van der Waals surface area contributed by atoms with Crippen LogP contribution in [0.4, 0.5) is 0 Å². The van der Waals surface area contributed by atoms with Crippen LogP contribution in [-0.4, -0.2) is 28.4 Å². The summed E-state index contributed by atoms with van der Waals surface area (Å²) in [5, 5.41) is 8.22. The highest BCUT2D eigenvalue weighted by molar-refractivity contribution is 5.74. The number of hydrogen-bond acceptors (Lipinski definition) is 4. The molecule has 1 heterocycles. The van der Waals surface area contributed by atoms with Gasteiger partial charge in [0.2, 0.25) is 0 Å². The summed E-state index contributed by atoms with van der Waals surface area (Å²) >= 11 is 0. The van der Waals surface area contributed by atoms with Crippen LogP contribution in [-0.2, 0) is 0 Å². The Labute approximate surface area is 123 Å². The van der Waals surface area contributed by atoms with Crippen LogP contribution in [0.1, 0.15) is 54.2 Å². The van der Waals surface area contributed by atoms with E-state index in [1.54, 1.807) is 11.8 Å². The monoisotopic (exact) mass is 285 g/mol. The topological polar surface area (TPSA) is 57.0 Å². The van der Waals surface area contributed by atoms with Crippen LogP contribution in [0.2, 0.25) is 0 Å². The number of carbonyl (C=O) groups excluding carboxylic acids is 1. The van der Waals surface area contributed by atoms with E-state index in [2.05, 4.69) is 10.3 Å². The zero-order valence-corrected chi connectivity index (χ0v) is 12.2. The van der Waals surface area contributed by atoms with E-state index in [-0.39, 0.29) is 0 Å². The summed E-state index contributed by atoms with van der Waals surface area (Å²) in [6, 6.07) is 7.66. The van der Waals surface area contributed by atoms with E-state index in [1.165, 1.54) is 19.3 Å². The molecule has 0 saturated heterocycles. The van der Waals surface area contributed by atoms with Gasteiger partial charge in [0.1, 0.15) is 11.4 Å². The zero-order chi connectivity index (χ0) is 14.7. The molecule has 0 atom stereocenters. The molecule has 1 fully saturated rings. The Hall–Kier alpha value is -2.17. The van der Waals surface area contributed by atoms with Gasteiger partial charge < -0.3 is 4.74 Å². The molecule has 0 bridgehead atoms. The Kier molecular flexibility index (Phi) is 3.99. The normalized spacial score (nSPS) is 15.9. The second-order valence-corrected chi connectivity index (χ2v) is 5.42. The fraction of sp³-hybridized carbons (Fsp3) is 0.438. The van der Waals surface area contributed by atoms with Gasteiger partial charge in [0, 0.05) is 5.92 Å². The summed E-state index contributed by atoms with van der Waals surface area (Å²) in [4.78, 5) is 11.3. The van der Waals surface area contributed by atoms with Crippen LogP contribution < -0.4 is 4.74 Å². The minimum absolute atomic E-state index is 0.371. The lowest BCUT2D eigenvalue weighted by Crippen LogP contribution is -2.12. The first kappa shape index (κ1) is 13.8. The summed E-state index contributed by atoms with van der Waals surface area (Å²) in [6.45, 7) is 0. The van der Waals surface area contributed by atoms with E-state index in [0.717, 1.165) is 36.3 Å². The van der Waals surface area contributed by atoms with Gasteiger partial charge in [-0.25, -0.2) is 4.68 Å². The number of carbonyl (C=O) groups is 1. The highest BCUT2D eigenvalue weighted by Crippen LogP contribution is 2.34. The number of aromatic nitrogens is 3. The summed E-state index contributed by atoms with van der Waals surface area (Å²) in [7, 11) is 1.64. The van der Waals surface area contributed by atoms with Gasteiger partial charge >= 0.3 is 0 Å². The summed E-state index contributed by atoms with van der Waals surface area (Å²) < 4.78 is 6.98. The minimum atomic E-state index is 0.371. The van der Waals surface area contributed by atoms with E-state index in [1.807, 2.05) is 24.3 Å². The molecule has 2 aromatic rings. The predicted molar refractivity (Wildman–Crippen MR) is 79.1 cm³/mol. The second-order valence-electron chi connectivity index (χ2n) is 5.42. The quantitative estimate of drug-likeness (QED) is 0.810. The van der Waals surface area contributed by atoms with Crippen molar-refractivity contribution in [2.75, 3.05) is 7.11 Å². The molecule has 0 N–H and O–H groups in total. The molecule has 1 aliphatic carbocycles. The lowest BCUT2D eigenvalue weighted by molar-refractivity contribution is 0.111. The van der Waals surface area contributed by atoms with Crippen LogP contribution in [0.3, 0.4) is 0 Å². The maximum Gasteiger partial charge on any atom is 0.172 e. The van der Waals surface area contributed by atoms with E-state index >= 15 is 0 Å². The van der Waals surface area contributed by atoms with Crippen molar-refractivity contribution in [3.05, 3.63) is 35.7 Å². The van der Waals surface area contributed by atoms with Crippen LogP contribution >= 0.6 is 0 Å². The lowest BCUT2D eigenvalue weighted by Gasteiger charge is -2.22. The molecule has 1 saturated carbocycles. The van der Waals surface area contributed by atoms with Crippen LogP contribution in [0.15, 0.2) is 24.3 Å². The number of benzene rings is 1.